The van der Waals surface area contributed by atoms with E-state index in [1.54, 1.807) is 0 Å². The van der Waals surface area contributed by atoms with Gasteiger partial charge in [-0.1, -0.05) is 17.7 Å². The van der Waals surface area contributed by atoms with Crippen molar-refractivity contribution in [3.8, 4) is 11.3 Å². The van der Waals surface area contributed by atoms with E-state index >= 15 is 0 Å². The third-order valence-electron chi connectivity index (χ3n) is 3.31. The van der Waals surface area contributed by atoms with Crippen LogP contribution in [0.15, 0.2) is 24.3 Å². The minimum Gasteiger partial charge on any atom is -0.348 e. The van der Waals surface area contributed by atoms with Crippen molar-refractivity contribution in [1.29, 1.82) is 0 Å². The van der Waals surface area contributed by atoms with Crippen molar-refractivity contribution >= 4 is 0 Å². The van der Waals surface area contributed by atoms with Crippen LogP contribution in [0.3, 0.4) is 0 Å². The second-order valence-electron chi connectivity index (χ2n) is 4.69. The fourth-order valence-corrected chi connectivity index (χ4v) is 2.45. The van der Waals surface area contributed by atoms with Crippen LogP contribution < -0.4 is 0 Å². The van der Waals surface area contributed by atoms with Gasteiger partial charge in [-0.15, -0.1) is 0 Å². The van der Waals surface area contributed by atoms with Gasteiger partial charge >= 0.3 is 0 Å². The Morgan fingerprint density at radius 3 is 1.88 bits per heavy atom. The Hall–Kier alpha value is -1.50. The molecule has 2 aromatic rings. The average Bonchev–Trinajstić information content (AvgIpc) is 2.48. The third-order valence-corrected chi connectivity index (χ3v) is 3.31. The van der Waals surface area contributed by atoms with E-state index in [1.165, 1.54) is 33.6 Å². The Morgan fingerprint density at radius 1 is 0.875 bits per heavy atom. The molecule has 1 heterocycles. The molecule has 0 saturated carbocycles. The lowest BCUT2D eigenvalue weighted by atomic mass is 9.97. The van der Waals surface area contributed by atoms with E-state index in [2.05, 4.69) is 63.6 Å². The molecule has 1 aromatic carbocycles. The zero-order valence-corrected chi connectivity index (χ0v) is 10.8. The molecule has 0 N–H and O–H groups in total. The predicted octanol–water partition coefficient (Wildman–Crippen LogP) is 3.93. The second kappa shape index (κ2) is 3.82. The Kier molecular flexibility index (Phi) is 2.63. The molecular formula is C15H19N. The Labute approximate surface area is 97.7 Å². The Bertz CT molecular complexity index is 509. The van der Waals surface area contributed by atoms with Gasteiger partial charge in [0, 0.05) is 24.0 Å². The fourth-order valence-electron chi connectivity index (χ4n) is 2.45. The smallest absolute Gasteiger partial charge is 0.0485 e. The molecule has 1 nitrogen and oxygen atoms in total. The molecule has 0 fully saturated rings. The summed E-state index contributed by atoms with van der Waals surface area (Å²) in [4.78, 5) is 0. The largest absolute Gasteiger partial charge is 0.348 e. The van der Waals surface area contributed by atoms with Crippen LogP contribution in [-0.2, 0) is 7.05 Å². The summed E-state index contributed by atoms with van der Waals surface area (Å²) in [6, 6.07) is 8.89. The first-order valence-corrected chi connectivity index (χ1v) is 5.71. The lowest BCUT2D eigenvalue weighted by molar-refractivity contribution is 0.889. The van der Waals surface area contributed by atoms with Crippen molar-refractivity contribution in [3.63, 3.8) is 0 Å². The highest BCUT2D eigenvalue weighted by atomic mass is 14.9. The van der Waals surface area contributed by atoms with Gasteiger partial charge in [0.05, 0.1) is 0 Å². The molecule has 0 atom stereocenters. The number of aromatic nitrogens is 1. The van der Waals surface area contributed by atoms with E-state index in [-0.39, 0.29) is 0 Å². The number of benzene rings is 1. The van der Waals surface area contributed by atoms with Crippen LogP contribution in [0.5, 0.6) is 0 Å². The topological polar surface area (TPSA) is 4.93 Å². The number of hydrogen-bond donors (Lipinski definition) is 0. The molecule has 84 valence electrons. The molecule has 2 rings (SSSR count). The Balaban J connectivity index is 2.69. The van der Waals surface area contributed by atoms with Gasteiger partial charge in [0.1, 0.15) is 0 Å². The zero-order valence-electron chi connectivity index (χ0n) is 10.8. The summed E-state index contributed by atoms with van der Waals surface area (Å²) in [5.74, 6) is 0. The van der Waals surface area contributed by atoms with E-state index in [4.69, 9.17) is 0 Å². The van der Waals surface area contributed by atoms with Crippen LogP contribution in [0.4, 0.5) is 0 Å². The number of aryl methyl sites for hydroxylation is 4. The summed E-state index contributed by atoms with van der Waals surface area (Å²) in [7, 11) is 2.13. The average molecular weight is 213 g/mol. The van der Waals surface area contributed by atoms with Gasteiger partial charge in [-0.25, -0.2) is 0 Å². The van der Waals surface area contributed by atoms with Gasteiger partial charge in [0.15, 0.2) is 0 Å². The molecule has 0 bridgehead atoms. The molecule has 0 spiro atoms. The van der Waals surface area contributed by atoms with Crippen LogP contribution in [0.25, 0.3) is 11.3 Å². The minimum absolute atomic E-state index is 1.30. The lowest BCUT2D eigenvalue weighted by Gasteiger charge is -2.13. The van der Waals surface area contributed by atoms with Crippen molar-refractivity contribution in [2.75, 3.05) is 0 Å². The van der Waals surface area contributed by atoms with Crippen LogP contribution >= 0.6 is 0 Å². The summed E-state index contributed by atoms with van der Waals surface area (Å²) in [5, 5.41) is 0. The van der Waals surface area contributed by atoms with E-state index < -0.39 is 0 Å². The molecule has 0 unspecified atom stereocenters. The Morgan fingerprint density at radius 2 is 1.44 bits per heavy atom. The van der Waals surface area contributed by atoms with E-state index in [1.807, 2.05) is 0 Å². The van der Waals surface area contributed by atoms with Crippen molar-refractivity contribution in [2.45, 2.75) is 27.7 Å². The normalized spacial score (nSPS) is 10.8. The molecule has 0 aliphatic rings. The van der Waals surface area contributed by atoms with Gasteiger partial charge in [-0.3, -0.25) is 0 Å². The van der Waals surface area contributed by atoms with Gasteiger partial charge < -0.3 is 4.57 Å². The van der Waals surface area contributed by atoms with Crippen LogP contribution in [-0.4, -0.2) is 4.57 Å². The quantitative estimate of drug-likeness (QED) is 0.676. The minimum atomic E-state index is 1.30. The van der Waals surface area contributed by atoms with Gasteiger partial charge in [-0.2, -0.15) is 0 Å². The summed E-state index contributed by atoms with van der Waals surface area (Å²) < 4.78 is 2.25. The summed E-state index contributed by atoms with van der Waals surface area (Å²) in [5.41, 5.74) is 8.05. The van der Waals surface area contributed by atoms with Gasteiger partial charge in [0.25, 0.3) is 0 Å². The highest BCUT2D eigenvalue weighted by molar-refractivity contribution is 5.69. The van der Waals surface area contributed by atoms with Gasteiger partial charge in [0.2, 0.25) is 0 Å². The second-order valence-corrected chi connectivity index (χ2v) is 4.69. The van der Waals surface area contributed by atoms with E-state index in [0.29, 0.717) is 0 Å². The summed E-state index contributed by atoms with van der Waals surface area (Å²) >= 11 is 0. The standard InChI is InChI=1S/C15H19N/c1-10-8-11(2)15(12(3)9-10)14-7-6-13(4)16(14)5/h6-9H,1-5H3. The molecule has 0 aliphatic heterocycles. The summed E-state index contributed by atoms with van der Waals surface area (Å²) in [6.45, 7) is 8.68. The molecule has 16 heavy (non-hydrogen) atoms. The maximum absolute atomic E-state index is 2.25. The maximum atomic E-state index is 2.25. The highest BCUT2D eigenvalue weighted by Gasteiger charge is 2.10. The monoisotopic (exact) mass is 213 g/mol. The van der Waals surface area contributed by atoms with Crippen molar-refractivity contribution < 1.29 is 0 Å². The fraction of sp³-hybridized carbons (Fsp3) is 0.333. The van der Waals surface area contributed by atoms with Gasteiger partial charge in [-0.05, 0) is 51.0 Å². The van der Waals surface area contributed by atoms with Crippen LogP contribution in [0, 0.1) is 27.7 Å². The van der Waals surface area contributed by atoms with E-state index in [0.717, 1.165) is 0 Å². The SMILES string of the molecule is Cc1cc(C)c(-c2ccc(C)n2C)c(C)c1. The zero-order chi connectivity index (χ0) is 11.9. The molecule has 1 heteroatoms. The predicted molar refractivity (Wildman–Crippen MR) is 69.8 cm³/mol. The molecule has 0 aliphatic carbocycles. The van der Waals surface area contributed by atoms with E-state index in [9.17, 15) is 0 Å². The van der Waals surface area contributed by atoms with Crippen LogP contribution in [0.2, 0.25) is 0 Å². The molecule has 0 amide bonds. The van der Waals surface area contributed by atoms with Crippen molar-refractivity contribution in [2.24, 2.45) is 7.05 Å². The third kappa shape index (κ3) is 1.67. The van der Waals surface area contributed by atoms with Crippen molar-refractivity contribution in [1.82, 2.24) is 4.57 Å². The maximum Gasteiger partial charge on any atom is 0.0485 e. The molecule has 0 radical (unpaired) electrons. The number of nitrogens with zero attached hydrogens (tertiary/aromatic N) is 1. The first-order chi connectivity index (χ1) is 7.50. The first kappa shape index (κ1) is 11.0. The van der Waals surface area contributed by atoms with Crippen molar-refractivity contribution in [3.05, 3.63) is 46.6 Å². The first-order valence-electron chi connectivity index (χ1n) is 5.71. The summed E-state index contributed by atoms with van der Waals surface area (Å²) in [6.07, 6.45) is 0. The molecular weight excluding hydrogens is 194 g/mol. The molecule has 1 aromatic heterocycles. The highest BCUT2D eigenvalue weighted by Crippen LogP contribution is 2.29. The molecule has 0 saturated heterocycles. The lowest BCUT2D eigenvalue weighted by Crippen LogP contribution is -1.97. The number of rotatable bonds is 1. The van der Waals surface area contributed by atoms with Crippen LogP contribution in [0.1, 0.15) is 22.4 Å². The number of hydrogen-bond acceptors (Lipinski definition) is 0.